The SMILES string of the molecule is O=C(CCC1CCCC1)Nc1ccc(O)cc1. The topological polar surface area (TPSA) is 49.3 Å². The van der Waals surface area contributed by atoms with Gasteiger partial charge in [-0.3, -0.25) is 4.79 Å². The van der Waals surface area contributed by atoms with Crippen molar-refractivity contribution in [3.05, 3.63) is 24.3 Å². The molecule has 0 aromatic heterocycles. The molecule has 1 fully saturated rings. The lowest BCUT2D eigenvalue weighted by Gasteiger charge is -2.09. The van der Waals surface area contributed by atoms with Crippen LogP contribution in [0.25, 0.3) is 0 Å². The van der Waals surface area contributed by atoms with Crippen LogP contribution in [-0.4, -0.2) is 11.0 Å². The van der Waals surface area contributed by atoms with E-state index in [9.17, 15) is 4.79 Å². The Morgan fingerprint density at radius 1 is 1.24 bits per heavy atom. The van der Waals surface area contributed by atoms with E-state index in [2.05, 4.69) is 5.32 Å². The van der Waals surface area contributed by atoms with E-state index in [0.717, 1.165) is 18.0 Å². The zero-order valence-electron chi connectivity index (χ0n) is 9.98. The summed E-state index contributed by atoms with van der Waals surface area (Å²) in [7, 11) is 0. The number of anilines is 1. The second kappa shape index (κ2) is 5.71. The van der Waals surface area contributed by atoms with Crippen LogP contribution in [0, 0.1) is 5.92 Å². The molecule has 0 radical (unpaired) electrons. The van der Waals surface area contributed by atoms with E-state index in [1.807, 2.05) is 0 Å². The molecule has 0 aliphatic heterocycles. The fourth-order valence-electron chi connectivity index (χ4n) is 2.40. The van der Waals surface area contributed by atoms with Gasteiger partial charge in [0, 0.05) is 12.1 Å². The molecule has 1 aliphatic rings. The van der Waals surface area contributed by atoms with Crippen LogP contribution in [0.3, 0.4) is 0 Å². The number of carbonyl (C=O) groups excluding carboxylic acids is 1. The average Bonchev–Trinajstić information content (AvgIpc) is 2.83. The van der Waals surface area contributed by atoms with Gasteiger partial charge in [0.05, 0.1) is 0 Å². The molecule has 1 aliphatic carbocycles. The minimum atomic E-state index is 0.0718. The number of aromatic hydroxyl groups is 1. The molecule has 1 aromatic carbocycles. The number of phenols is 1. The fourth-order valence-corrected chi connectivity index (χ4v) is 2.40. The molecule has 3 nitrogen and oxygen atoms in total. The van der Waals surface area contributed by atoms with Crippen LogP contribution in [0.5, 0.6) is 5.75 Å². The Morgan fingerprint density at radius 2 is 1.88 bits per heavy atom. The first-order valence-electron chi connectivity index (χ1n) is 6.33. The molecule has 2 rings (SSSR count). The zero-order chi connectivity index (χ0) is 12.1. The maximum absolute atomic E-state index is 11.7. The summed E-state index contributed by atoms with van der Waals surface area (Å²) in [4.78, 5) is 11.7. The average molecular weight is 233 g/mol. The third-order valence-electron chi connectivity index (χ3n) is 3.41. The Kier molecular flexibility index (Phi) is 4.02. The Labute approximate surface area is 102 Å². The molecule has 92 valence electrons. The van der Waals surface area contributed by atoms with E-state index in [4.69, 9.17) is 5.11 Å². The first-order chi connectivity index (χ1) is 8.24. The number of benzene rings is 1. The molecule has 1 amide bonds. The van der Waals surface area contributed by atoms with E-state index in [1.165, 1.54) is 25.7 Å². The summed E-state index contributed by atoms with van der Waals surface area (Å²) >= 11 is 0. The molecular weight excluding hydrogens is 214 g/mol. The minimum absolute atomic E-state index is 0.0718. The van der Waals surface area contributed by atoms with Crippen LogP contribution in [0.2, 0.25) is 0 Å². The highest BCUT2D eigenvalue weighted by Gasteiger charge is 2.16. The summed E-state index contributed by atoms with van der Waals surface area (Å²) in [6, 6.07) is 6.57. The quantitative estimate of drug-likeness (QED) is 0.784. The number of nitrogens with one attached hydrogen (secondary N) is 1. The number of carbonyl (C=O) groups is 1. The first kappa shape index (κ1) is 12.0. The van der Waals surface area contributed by atoms with Crippen LogP contribution in [-0.2, 0) is 4.79 Å². The Bertz CT molecular complexity index is 366. The van der Waals surface area contributed by atoms with Gasteiger partial charge < -0.3 is 10.4 Å². The third kappa shape index (κ3) is 3.77. The molecule has 0 unspecified atom stereocenters. The second-order valence-electron chi connectivity index (χ2n) is 4.78. The normalized spacial score (nSPS) is 16.0. The Morgan fingerprint density at radius 3 is 2.53 bits per heavy atom. The molecule has 1 saturated carbocycles. The molecule has 2 N–H and O–H groups in total. The monoisotopic (exact) mass is 233 g/mol. The van der Waals surface area contributed by atoms with Gasteiger partial charge >= 0.3 is 0 Å². The first-order valence-corrected chi connectivity index (χ1v) is 6.33. The Balaban J connectivity index is 1.74. The van der Waals surface area contributed by atoms with E-state index in [0.29, 0.717) is 6.42 Å². The highest BCUT2D eigenvalue weighted by molar-refractivity contribution is 5.90. The molecule has 0 atom stereocenters. The molecular formula is C14H19NO2. The van der Waals surface area contributed by atoms with E-state index in [-0.39, 0.29) is 11.7 Å². The highest BCUT2D eigenvalue weighted by Crippen LogP contribution is 2.28. The van der Waals surface area contributed by atoms with Crippen LogP contribution in [0.1, 0.15) is 38.5 Å². The van der Waals surface area contributed by atoms with Crippen molar-refractivity contribution in [3.63, 3.8) is 0 Å². The number of hydrogen-bond acceptors (Lipinski definition) is 2. The van der Waals surface area contributed by atoms with Crippen molar-refractivity contribution >= 4 is 11.6 Å². The largest absolute Gasteiger partial charge is 0.508 e. The lowest BCUT2D eigenvalue weighted by molar-refractivity contribution is -0.116. The predicted molar refractivity (Wildman–Crippen MR) is 67.9 cm³/mol. The second-order valence-corrected chi connectivity index (χ2v) is 4.78. The van der Waals surface area contributed by atoms with Crippen molar-refractivity contribution in [1.29, 1.82) is 0 Å². The predicted octanol–water partition coefficient (Wildman–Crippen LogP) is 3.30. The van der Waals surface area contributed by atoms with Crippen LogP contribution < -0.4 is 5.32 Å². The van der Waals surface area contributed by atoms with E-state index < -0.39 is 0 Å². The number of rotatable bonds is 4. The van der Waals surface area contributed by atoms with Gasteiger partial charge in [-0.05, 0) is 36.6 Å². The van der Waals surface area contributed by atoms with Gasteiger partial charge in [-0.25, -0.2) is 0 Å². The van der Waals surface area contributed by atoms with Gasteiger partial charge in [0.15, 0.2) is 0 Å². The lowest BCUT2D eigenvalue weighted by Crippen LogP contribution is -2.12. The third-order valence-corrected chi connectivity index (χ3v) is 3.41. The number of hydrogen-bond donors (Lipinski definition) is 2. The van der Waals surface area contributed by atoms with Gasteiger partial charge in [-0.15, -0.1) is 0 Å². The van der Waals surface area contributed by atoms with E-state index in [1.54, 1.807) is 24.3 Å². The van der Waals surface area contributed by atoms with Crippen molar-refractivity contribution in [1.82, 2.24) is 0 Å². The van der Waals surface area contributed by atoms with Gasteiger partial charge in [-0.2, -0.15) is 0 Å². The van der Waals surface area contributed by atoms with Gasteiger partial charge in [0.2, 0.25) is 5.91 Å². The highest BCUT2D eigenvalue weighted by atomic mass is 16.3. The maximum atomic E-state index is 11.7. The molecule has 0 saturated heterocycles. The molecule has 0 heterocycles. The summed E-state index contributed by atoms with van der Waals surface area (Å²) in [5.74, 6) is 1.04. The van der Waals surface area contributed by atoms with Crippen LogP contribution in [0.4, 0.5) is 5.69 Å². The van der Waals surface area contributed by atoms with Gasteiger partial charge in [0.1, 0.15) is 5.75 Å². The smallest absolute Gasteiger partial charge is 0.224 e. The minimum Gasteiger partial charge on any atom is -0.508 e. The van der Waals surface area contributed by atoms with Crippen LogP contribution >= 0.6 is 0 Å². The molecule has 17 heavy (non-hydrogen) atoms. The Hall–Kier alpha value is -1.51. The van der Waals surface area contributed by atoms with Crippen molar-refractivity contribution < 1.29 is 9.90 Å². The summed E-state index contributed by atoms with van der Waals surface area (Å²) in [5.41, 5.74) is 0.749. The zero-order valence-corrected chi connectivity index (χ0v) is 9.98. The summed E-state index contributed by atoms with van der Waals surface area (Å²) < 4.78 is 0. The van der Waals surface area contributed by atoms with Crippen LogP contribution in [0.15, 0.2) is 24.3 Å². The number of phenolic OH excluding ortho intramolecular Hbond substituents is 1. The number of amides is 1. The summed E-state index contributed by atoms with van der Waals surface area (Å²) in [5, 5.41) is 12.0. The van der Waals surface area contributed by atoms with E-state index >= 15 is 0 Å². The standard InChI is InChI=1S/C14H19NO2/c16-13-8-6-12(7-9-13)15-14(17)10-5-11-3-1-2-4-11/h6-9,11,16H,1-5,10H2,(H,15,17). The van der Waals surface area contributed by atoms with Crippen molar-refractivity contribution in [2.24, 2.45) is 5.92 Å². The molecule has 0 bridgehead atoms. The van der Waals surface area contributed by atoms with Gasteiger partial charge in [0.25, 0.3) is 0 Å². The molecule has 3 heteroatoms. The molecule has 1 aromatic rings. The van der Waals surface area contributed by atoms with Crippen molar-refractivity contribution in [3.8, 4) is 5.75 Å². The summed E-state index contributed by atoms with van der Waals surface area (Å²) in [6.07, 6.45) is 6.82. The van der Waals surface area contributed by atoms with Gasteiger partial charge in [-0.1, -0.05) is 25.7 Å². The lowest BCUT2D eigenvalue weighted by atomic mass is 10.0. The maximum Gasteiger partial charge on any atom is 0.224 e. The fraction of sp³-hybridized carbons (Fsp3) is 0.500. The molecule has 0 spiro atoms. The van der Waals surface area contributed by atoms with Crippen molar-refractivity contribution in [2.75, 3.05) is 5.32 Å². The van der Waals surface area contributed by atoms with Crippen molar-refractivity contribution in [2.45, 2.75) is 38.5 Å². The summed E-state index contributed by atoms with van der Waals surface area (Å²) in [6.45, 7) is 0.